The average molecular weight is 353 g/mol. The van der Waals surface area contributed by atoms with Gasteiger partial charge in [0.2, 0.25) is 0 Å². The molecule has 0 aliphatic carbocycles. The van der Waals surface area contributed by atoms with Crippen molar-refractivity contribution in [3.05, 3.63) is 48.5 Å². The summed E-state index contributed by atoms with van der Waals surface area (Å²) in [7, 11) is 2.32. The van der Waals surface area contributed by atoms with Crippen LogP contribution in [0, 0.1) is 5.92 Å². The van der Waals surface area contributed by atoms with Crippen LogP contribution in [0.1, 0.15) is 32.6 Å². The van der Waals surface area contributed by atoms with Crippen LogP contribution in [-0.2, 0) is 0 Å². The molecule has 0 radical (unpaired) electrons. The van der Waals surface area contributed by atoms with Gasteiger partial charge in [-0.15, -0.1) is 0 Å². The first kappa shape index (κ1) is 17.0. The van der Waals surface area contributed by atoms with Gasteiger partial charge in [0.1, 0.15) is 0 Å². The third-order valence-electron chi connectivity index (χ3n) is 5.84. The molecule has 0 amide bonds. The molecule has 0 saturated carbocycles. The molecule has 2 aliphatic heterocycles. The summed E-state index contributed by atoms with van der Waals surface area (Å²) in [5, 5.41) is 0. The summed E-state index contributed by atoms with van der Waals surface area (Å²) in [5.74, 6) is 0.703. The van der Waals surface area contributed by atoms with Gasteiger partial charge in [-0.2, -0.15) is 0 Å². The number of nitrogens with zero attached hydrogens (tertiary/aromatic N) is 2. The third kappa shape index (κ3) is 3.32. The van der Waals surface area contributed by atoms with E-state index in [0.717, 1.165) is 6.54 Å². The second-order valence-electron chi connectivity index (χ2n) is 7.36. The van der Waals surface area contributed by atoms with Crippen LogP contribution in [0.4, 0.5) is 11.4 Å². The van der Waals surface area contributed by atoms with E-state index in [1.807, 2.05) is 11.8 Å². The van der Waals surface area contributed by atoms with Crippen LogP contribution in [-0.4, -0.2) is 31.1 Å². The zero-order chi connectivity index (χ0) is 17.2. The van der Waals surface area contributed by atoms with E-state index >= 15 is 0 Å². The lowest BCUT2D eigenvalue weighted by Gasteiger charge is -2.42. The number of hydrogen-bond donors (Lipinski definition) is 0. The lowest BCUT2D eigenvalue weighted by atomic mass is 9.88. The number of piperidine rings is 1. The lowest BCUT2D eigenvalue weighted by Crippen LogP contribution is -2.45. The monoisotopic (exact) mass is 352 g/mol. The largest absolute Gasteiger partial charge is 0.339 e. The second-order valence-corrected chi connectivity index (χ2v) is 8.44. The van der Waals surface area contributed by atoms with E-state index in [9.17, 15) is 0 Å². The maximum absolute atomic E-state index is 2.61. The Kier molecular flexibility index (Phi) is 5.05. The molecule has 3 heteroatoms. The molecular formula is C22H28N2S. The average Bonchev–Trinajstić information content (AvgIpc) is 2.66. The second kappa shape index (κ2) is 7.43. The number of rotatable bonds is 4. The zero-order valence-electron chi connectivity index (χ0n) is 15.3. The molecule has 2 nitrogen and oxygen atoms in total. The van der Waals surface area contributed by atoms with Gasteiger partial charge >= 0.3 is 0 Å². The Morgan fingerprint density at radius 2 is 1.64 bits per heavy atom. The quantitative estimate of drug-likeness (QED) is 0.686. The fourth-order valence-electron chi connectivity index (χ4n) is 4.43. The van der Waals surface area contributed by atoms with E-state index in [2.05, 4.69) is 72.3 Å². The number of para-hydroxylation sites is 2. The minimum absolute atomic E-state index is 0.703. The Bertz CT molecular complexity index is 684. The predicted molar refractivity (Wildman–Crippen MR) is 108 cm³/mol. The van der Waals surface area contributed by atoms with Gasteiger partial charge in [-0.1, -0.05) is 55.8 Å². The molecule has 2 atom stereocenters. The van der Waals surface area contributed by atoms with Gasteiger partial charge in [0.15, 0.2) is 0 Å². The molecule has 1 saturated heterocycles. The predicted octanol–water partition coefficient (Wildman–Crippen LogP) is 5.80. The highest BCUT2D eigenvalue weighted by Crippen LogP contribution is 2.48. The molecule has 132 valence electrons. The van der Waals surface area contributed by atoms with E-state index in [4.69, 9.17) is 0 Å². The van der Waals surface area contributed by atoms with E-state index in [1.165, 1.54) is 53.4 Å². The highest BCUT2D eigenvalue weighted by Gasteiger charge is 2.31. The van der Waals surface area contributed by atoms with Crippen molar-refractivity contribution < 1.29 is 0 Å². The molecule has 2 heterocycles. The molecule has 2 aliphatic rings. The normalized spacial score (nSPS) is 21.5. The SMILES string of the molecule is CCC(CN1c2ccccc2Sc2ccccc21)C1CCCCN1C. The van der Waals surface area contributed by atoms with Crippen LogP contribution in [0.2, 0.25) is 0 Å². The number of likely N-dealkylation sites (tertiary alicyclic amines) is 1. The Morgan fingerprint density at radius 3 is 2.24 bits per heavy atom. The van der Waals surface area contributed by atoms with Crippen molar-refractivity contribution in [2.75, 3.05) is 25.0 Å². The molecule has 2 aromatic carbocycles. The fourth-order valence-corrected chi connectivity index (χ4v) is 5.53. The number of benzene rings is 2. The van der Waals surface area contributed by atoms with Gasteiger partial charge in [-0.3, -0.25) is 0 Å². The van der Waals surface area contributed by atoms with E-state index in [0.29, 0.717) is 12.0 Å². The van der Waals surface area contributed by atoms with E-state index in [1.54, 1.807) is 0 Å². The molecule has 2 unspecified atom stereocenters. The van der Waals surface area contributed by atoms with Gasteiger partial charge in [-0.05, 0) is 56.6 Å². The minimum Gasteiger partial charge on any atom is -0.339 e. The van der Waals surface area contributed by atoms with Crippen LogP contribution in [0.5, 0.6) is 0 Å². The molecule has 0 spiro atoms. The van der Waals surface area contributed by atoms with Gasteiger partial charge in [-0.25, -0.2) is 0 Å². The molecule has 4 rings (SSSR count). The molecule has 2 aromatic rings. The Balaban J connectivity index is 1.67. The topological polar surface area (TPSA) is 6.48 Å². The Labute approximate surface area is 156 Å². The first-order valence-electron chi connectivity index (χ1n) is 9.61. The van der Waals surface area contributed by atoms with Crippen molar-refractivity contribution in [2.24, 2.45) is 5.92 Å². The van der Waals surface area contributed by atoms with Crippen LogP contribution in [0.15, 0.2) is 58.3 Å². The summed E-state index contributed by atoms with van der Waals surface area (Å²) in [6.45, 7) is 4.73. The van der Waals surface area contributed by atoms with Gasteiger partial charge in [0.05, 0.1) is 11.4 Å². The zero-order valence-corrected chi connectivity index (χ0v) is 16.1. The number of hydrogen-bond acceptors (Lipinski definition) is 3. The first-order chi connectivity index (χ1) is 12.3. The number of anilines is 2. The third-order valence-corrected chi connectivity index (χ3v) is 6.97. The standard InChI is InChI=1S/C22H28N2S/c1-3-17(18-10-8-9-15-23(18)2)16-24-19-11-4-6-13-21(19)25-22-14-7-5-12-20(22)24/h4-7,11-14,17-18H,3,8-10,15-16H2,1-2H3. The minimum atomic E-state index is 0.703. The van der Waals surface area contributed by atoms with Crippen LogP contribution < -0.4 is 4.90 Å². The fraction of sp³-hybridized carbons (Fsp3) is 0.455. The summed E-state index contributed by atoms with van der Waals surface area (Å²) in [4.78, 5) is 7.95. The summed E-state index contributed by atoms with van der Waals surface area (Å²) in [6.07, 6.45) is 5.33. The maximum atomic E-state index is 2.61. The van der Waals surface area contributed by atoms with Crippen molar-refractivity contribution in [2.45, 2.75) is 48.4 Å². The maximum Gasteiger partial charge on any atom is 0.0552 e. The lowest BCUT2D eigenvalue weighted by molar-refractivity contribution is 0.129. The van der Waals surface area contributed by atoms with Crippen LogP contribution in [0.3, 0.4) is 0 Å². The molecule has 0 N–H and O–H groups in total. The summed E-state index contributed by atoms with van der Waals surface area (Å²) in [6, 6.07) is 18.5. The molecule has 25 heavy (non-hydrogen) atoms. The Hall–Kier alpha value is -1.45. The van der Waals surface area contributed by atoms with Gasteiger partial charge < -0.3 is 9.80 Å². The highest BCUT2D eigenvalue weighted by atomic mass is 32.2. The molecular weight excluding hydrogens is 324 g/mol. The first-order valence-corrected chi connectivity index (χ1v) is 10.4. The Morgan fingerprint density at radius 1 is 1.00 bits per heavy atom. The molecule has 1 fully saturated rings. The van der Waals surface area contributed by atoms with Crippen molar-refractivity contribution in [3.8, 4) is 0 Å². The van der Waals surface area contributed by atoms with Crippen LogP contribution in [0.25, 0.3) is 0 Å². The highest BCUT2D eigenvalue weighted by molar-refractivity contribution is 7.99. The van der Waals surface area contributed by atoms with E-state index < -0.39 is 0 Å². The smallest absolute Gasteiger partial charge is 0.0552 e. The van der Waals surface area contributed by atoms with Gasteiger partial charge in [0, 0.05) is 22.4 Å². The van der Waals surface area contributed by atoms with Crippen molar-refractivity contribution in [3.63, 3.8) is 0 Å². The molecule has 0 bridgehead atoms. The van der Waals surface area contributed by atoms with Gasteiger partial charge in [0.25, 0.3) is 0 Å². The van der Waals surface area contributed by atoms with Crippen molar-refractivity contribution >= 4 is 23.1 Å². The summed E-state index contributed by atoms with van der Waals surface area (Å²) < 4.78 is 0. The van der Waals surface area contributed by atoms with Crippen LogP contribution >= 0.6 is 11.8 Å². The number of fused-ring (bicyclic) bond motifs is 2. The summed E-state index contributed by atoms with van der Waals surface area (Å²) >= 11 is 1.90. The van der Waals surface area contributed by atoms with Crippen molar-refractivity contribution in [1.82, 2.24) is 4.90 Å². The van der Waals surface area contributed by atoms with Crippen molar-refractivity contribution in [1.29, 1.82) is 0 Å². The molecule has 0 aromatic heterocycles. The van der Waals surface area contributed by atoms with E-state index in [-0.39, 0.29) is 0 Å². The summed E-state index contributed by atoms with van der Waals surface area (Å²) in [5.41, 5.74) is 2.76.